The lowest BCUT2D eigenvalue weighted by Gasteiger charge is -2.24. The van der Waals surface area contributed by atoms with Gasteiger partial charge in [0.25, 0.3) is 0 Å². The molecule has 3 rings (SSSR count). The summed E-state index contributed by atoms with van der Waals surface area (Å²) in [7, 11) is -2.48. The predicted octanol–water partition coefficient (Wildman–Crippen LogP) is 5.15. The Morgan fingerprint density at radius 2 is 1.92 bits per heavy atom. The van der Waals surface area contributed by atoms with Crippen molar-refractivity contribution in [2.75, 3.05) is 12.8 Å². The number of ether oxygens (including phenoxy) is 1. The van der Waals surface area contributed by atoms with Crippen LogP contribution in [0, 0.1) is 5.82 Å². The van der Waals surface area contributed by atoms with E-state index in [0.717, 1.165) is 9.54 Å². The molecule has 196 valence electrons. The second-order valence-electron chi connectivity index (χ2n) is 9.56. The van der Waals surface area contributed by atoms with Gasteiger partial charge >= 0.3 is 6.09 Å². The summed E-state index contributed by atoms with van der Waals surface area (Å²) in [6.07, 6.45) is 7.07. The van der Waals surface area contributed by atoms with E-state index in [9.17, 15) is 18.0 Å². The minimum Gasteiger partial charge on any atom is -0.444 e. The molecule has 1 amide bonds. The fourth-order valence-electron chi connectivity index (χ4n) is 3.55. The van der Waals surface area contributed by atoms with Crippen molar-refractivity contribution in [2.45, 2.75) is 39.8 Å². The van der Waals surface area contributed by atoms with E-state index in [-0.39, 0.29) is 29.1 Å². The fourth-order valence-corrected chi connectivity index (χ4v) is 4.80. The van der Waals surface area contributed by atoms with Crippen LogP contribution >= 0.6 is 0 Å². The summed E-state index contributed by atoms with van der Waals surface area (Å²) in [5.41, 5.74) is 0.317. The molecule has 0 unspecified atom stereocenters. The topological polar surface area (TPSA) is 98.6 Å². The molecule has 0 atom stereocenters. The lowest BCUT2D eigenvalue weighted by atomic mass is 10.0. The van der Waals surface area contributed by atoms with Crippen LogP contribution in [0.3, 0.4) is 0 Å². The summed E-state index contributed by atoms with van der Waals surface area (Å²) < 4.78 is 48.4. The molecule has 1 aromatic carbocycles. The van der Waals surface area contributed by atoms with Crippen molar-refractivity contribution in [1.82, 2.24) is 13.9 Å². The smallest absolute Gasteiger partial charge is 0.410 e. The largest absolute Gasteiger partial charge is 0.444 e. The first-order chi connectivity index (χ1) is 17.3. The van der Waals surface area contributed by atoms with E-state index in [0.29, 0.717) is 5.56 Å². The highest BCUT2D eigenvalue weighted by Crippen LogP contribution is 2.29. The van der Waals surface area contributed by atoms with Crippen LogP contribution in [0.15, 0.2) is 61.1 Å². The van der Waals surface area contributed by atoms with Crippen LogP contribution in [0.2, 0.25) is 0 Å². The zero-order valence-corrected chi connectivity index (χ0v) is 22.3. The van der Waals surface area contributed by atoms with Gasteiger partial charge in [0, 0.05) is 31.2 Å². The number of carbonyl (C=O) groups excluding carboxylic acids is 2. The van der Waals surface area contributed by atoms with Gasteiger partial charge in [-0.25, -0.2) is 21.6 Å². The van der Waals surface area contributed by atoms with Crippen LogP contribution in [-0.2, 0) is 21.3 Å². The van der Waals surface area contributed by atoms with E-state index >= 15 is 4.39 Å². The molecule has 0 bridgehead atoms. The van der Waals surface area contributed by atoms with Crippen molar-refractivity contribution < 1.29 is 27.1 Å². The lowest BCUT2D eigenvalue weighted by molar-refractivity contribution is 0.0285. The average molecular weight is 528 g/mol. The molecule has 0 saturated carbocycles. The van der Waals surface area contributed by atoms with Crippen molar-refractivity contribution in [1.29, 1.82) is 0 Å². The summed E-state index contributed by atoms with van der Waals surface area (Å²) in [6, 6.07) is 9.26. The zero-order valence-electron chi connectivity index (χ0n) is 21.4. The second-order valence-corrected chi connectivity index (χ2v) is 11.4. The van der Waals surface area contributed by atoms with Crippen molar-refractivity contribution in [2.24, 2.45) is 0 Å². The summed E-state index contributed by atoms with van der Waals surface area (Å²) in [5, 5.41) is 0. The predicted molar refractivity (Wildman–Crippen MR) is 140 cm³/mol. The molecule has 0 N–H and O–H groups in total. The number of Topliss-reactive ketones (excluding diaryl/α,β-unsaturated/α-hetero) is 1. The molecule has 3 aromatic rings. The van der Waals surface area contributed by atoms with E-state index in [1.807, 2.05) is 0 Å². The summed E-state index contributed by atoms with van der Waals surface area (Å²) in [6.45, 7) is 6.48. The maximum absolute atomic E-state index is 15.3. The lowest BCUT2D eigenvalue weighted by Crippen LogP contribution is -2.33. The van der Waals surface area contributed by atoms with Crippen molar-refractivity contribution in [3.05, 3.63) is 83.6 Å². The molecule has 2 aromatic heterocycles. The first-order valence-electron chi connectivity index (χ1n) is 11.5. The summed E-state index contributed by atoms with van der Waals surface area (Å²) in [4.78, 5) is 29.6. The molecule has 8 nitrogen and oxygen atoms in total. The molecule has 0 fully saturated rings. The second kappa shape index (κ2) is 11.1. The first kappa shape index (κ1) is 27.8. The average Bonchev–Trinajstić information content (AvgIpc) is 3.23. The van der Waals surface area contributed by atoms with Crippen molar-refractivity contribution in [3.63, 3.8) is 0 Å². The van der Waals surface area contributed by atoms with Gasteiger partial charge in [-0.05, 0) is 63.1 Å². The Morgan fingerprint density at radius 3 is 2.54 bits per heavy atom. The van der Waals surface area contributed by atoms with Gasteiger partial charge in [-0.2, -0.15) is 0 Å². The van der Waals surface area contributed by atoms with E-state index in [2.05, 4.69) is 4.98 Å². The molecular formula is C27H30FN3O5S. The van der Waals surface area contributed by atoms with Gasteiger partial charge < -0.3 is 9.64 Å². The SMILES string of the molecule is CC(=O)c1cccc(-c2cc(CN(C)C(=O)OC(C)(C)C)cn2S(=O)(=O)CC=Cc2cccnc2)c1F. The highest BCUT2D eigenvalue weighted by Gasteiger charge is 2.25. The zero-order chi connectivity index (χ0) is 27.4. The molecular weight excluding hydrogens is 497 g/mol. The Hall–Kier alpha value is -3.79. The molecule has 0 spiro atoms. The standard InChI is InChI=1S/C27H30FN3O5S/c1-19(32)22-11-6-12-23(25(22)28)24-15-21(17-30(5)26(33)36-27(2,3)4)18-31(24)37(34,35)14-8-10-20-9-7-13-29-16-20/h6-13,15-16,18H,14,17H2,1-5H3. The number of amides is 1. The number of nitrogens with zero attached hydrogens (tertiary/aromatic N) is 3. The van der Waals surface area contributed by atoms with E-state index in [1.165, 1.54) is 55.4 Å². The minimum absolute atomic E-state index is 0.0178. The number of carbonyl (C=O) groups is 2. The number of hydrogen-bond acceptors (Lipinski definition) is 6. The van der Waals surface area contributed by atoms with Gasteiger partial charge in [-0.15, -0.1) is 0 Å². The highest BCUT2D eigenvalue weighted by molar-refractivity contribution is 7.90. The number of pyridine rings is 1. The Bertz CT molecular complexity index is 1420. The van der Waals surface area contributed by atoms with Gasteiger partial charge in [0.05, 0.1) is 23.6 Å². The van der Waals surface area contributed by atoms with Gasteiger partial charge in [0.2, 0.25) is 10.0 Å². The number of hydrogen-bond donors (Lipinski definition) is 0. The molecule has 2 heterocycles. The van der Waals surface area contributed by atoms with E-state index in [1.54, 1.807) is 51.4 Å². The summed E-state index contributed by atoms with van der Waals surface area (Å²) in [5.74, 6) is -1.68. The third-order valence-corrected chi connectivity index (χ3v) is 6.74. The molecule has 0 aliphatic carbocycles. The third-order valence-electron chi connectivity index (χ3n) is 5.22. The number of halogens is 1. The Balaban J connectivity index is 2.02. The molecule has 0 aliphatic heterocycles. The van der Waals surface area contributed by atoms with Gasteiger partial charge in [0.1, 0.15) is 11.4 Å². The van der Waals surface area contributed by atoms with Crippen LogP contribution < -0.4 is 0 Å². The number of aromatic nitrogens is 2. The van der Waals surface area contributed by atoms with E-state index < -0.39 is 33.3 Å². The molecule has 10 heteroatoms. The number of ketones is 1. The van der Waals surface area contributed by atoms with Gasteiger partial charge in [-0.3, -0.25) is 9.78 Å². The fraction of sp³-hybridized carbons (Fsp3) is 0.296. The normalized spacial score (nSPS) is 12.1. The van der Waals surface area contributed by atoms with Crippen LogP contribution in [0.1, 0.15) is 49.2 Å². The monoisotopic (exact) mass is 527 g/mol. The van der Waals surface area contributed by atoms with Gasteiger partial charge in [0.15, 0.2) is 5.78 Å². The van der Waals surface area contributed by atoms with Crippen LogP contribution in [0.5, 0.6) is 0 Å². The van der Waals surface area contributed by atoms with Crippen LogP contribution in [0.4, 0.5) is 9.18 Å². The Morgan fingerprint density at radius 1 is 1.19 bits per heavy atom. The Labute approximate surface area is 216 Å². The Kier molecular flexibility index (Phi) is 8.32. The molecule has 0 aliphatic rings. The molecule has 0 saturated heterocycles. The van der Waals surface area contributed by atoms with Crippen LogP contribution in [0.25, 0.3) is 17.3 Å². The minimum atomic E-state index is -4.00. The molecule has 37 heavy (non-hydrogen) atoms. The number of benzene rings is 1. The van der Waals surface area contributed by atoms with Gasteiger partial charge in [-0.1, -0.05) is 24.3 Å². The summed E-state index contributed by atoms with van der Waals surface area (Å²) >= 11 is 0. The maximum atomic E-state index is 15.3. The number of rotatable bonds is 8. The van der Waals surface area contributed by atoms with E-state index in [4.69, 9.17) is 4.74 Å². The third kappa shape index (κ3) is 7.13. The highest BCUT2D eigenvalue weighted by atomic mass is 32.2. The maximum Gasteiger partial charge on any atom is 0.410 e. The van der Waals surface area contributed by atoms with Crippen molar-refractivity contribution in [3.8, 4) is 11.3 Å². The quantitative estimate of drug-likeness (QED) is 0.376. The first-order valence-corrected chi connectivity index (χ1v) is 13.1. The van der Waals surface area contributed by atoms with Crippen molar-refractivity contribution >= 4 is 28.0 Å². The van der Waals surface area contributed by atoms with Crippen LogP contribution in [-0.4, -0.2) is 52.6 Å². The molecule has 0 radical (unpaired) electrons.